The van der Waals surface area contributed by atoms with Crippen LogP contribution in [0.25, 0.3) is 11.0 Å². The van der Waals surface area contributed by atoms with Gasteiger partial charge in [0.2, 0.25) is 0 Å². The molecule has 0 aliphatic heterocycles. The van der Waals surface area contributed by atoms with Crippen molar-refractivity contribution in [2.24, 2.45) is 0 Å². The zero-order valence-electron chi connectivity index (χ0n) is 13.2. The lowest BCUT2D eigenvalue weighted by Crippen LogP contribution is -2.08. The maximum absolute atomic E-state index is 12.1. The predicted octanol–water partition coefficient (Wildman–Crippen LogP) is 3.29. The Morgan fingerprint density at radius 2 is 1.88 bits per heavy atom. The van der Waals surface area contributed by atoms with E-state index in [-0.39, 0.29) is 6.61 Å². The minimum Gasteiger partial charge on any atom is -0.457 e. The molecule has 0 fully saturated rings. The number of carbonyl (C=O) groups is 1. The summed E-state index contributed by atoms with van der Waals surface area (Å²) in [7, 11) is 0. The zero-order valence-corrected chi connectivity index (χ0v) is 13.2. The maximum Gasteiger partial charge on any atom is 0.338 e. The molecule has 2 aromatic carbocycles. The van der Waals surface area contributed by atoms with E-state index in [1.165, 1.54) is 6.07 Å². The van der Waals surface area contributed by atoms with Crippen molar-refractivity contribution in [3.05, 3.63) is 75.6 Å². The van der Waals surface area contributed by atoms with E-state index < -0.39 is 11.6 Å². The van der Waals surface area contributed by atoms with Crippen LogP contribution in [0.2, 0.25) is 0 Å². The van der Waals surface area contributed by atoms with Crippen LogP contribution < -0.4 is 11.4 Å². The van der Waals surface area contributed by atoms with Gasteiger partial charge in [-0.05, 0) is 42.3 Å². The Morgan fingerprint density at radius 3 is 2.58 bits per heavy atom. The van der Waals surface area contributed by atoms with Crippen LogP contribution in [0.15, 0.2) is 57.7 Å². The zero-order chi connectivity index (χ0) is 17.1. The summed E-state index contributed by atoms with van der Waals surface area (Å²) in [6.07, 6.45) is 0.843. The van der Waals surface area contributed by atoms with E-state index in [2.05, 4.69) is 0 Å². The number of fused-ring (bicyclic) bond motifs is 1. The van der Waals surface area contributed by atoms with E-state index in [1.54, 1.807) is 24.3 Å². The third kappa shape index (κ3) is 3.30. The number of hydrogen-bond acceptors (Lipinski definition) is 5. The van der Waals surface area contributed by atoms with Gasteiger partial charge in [-0.3, -0.25) is 0 Å². The summed E-state index contributed by atoms with van der Waals surface area (Å²) in [5.74, 6) is -0.471. The number of aryl methyl sites for hydroxylation is 1. The van der Waals surface area contributed by atoms with Crippen molar-refractivity contribution in [3.63, 3.8) is 0 Å². The minimum absolute atomic E-state index is 0.00319. The van der Waals surface area contributed by atoms with Crippen LogP contribution in [-0.2, 0) is 17.8 Å². The number of ether oxygens (including phenoxy) is 1. The number of rotatable bonds is 4. The number of anilines is 1. The lowest BCUT2D eigenvalue weighted by molar-refractivity contribution is 0.0474. The van der Waals surface area contributed by atoms with Gasteiger partial charge in [0.1, 0.15) is 12.2 Å². The largest absolute Gasteiger partial charge is 0.457 e. The highest BCUT2D eigenvalue weighted by Crippen LogP contribution is 2.20. The van der Waals surface area contributed by atoms with Gasteiger partial charge in [0.05, 0.1) is 5.56 Å². The summed E-state index contributed by atoms with van der Waals surface area (Å²) < 4.78 is 10.6. The average Bonchev–Trinajstić information content (AvgIpc) is 2.59. The van der Waals surface area contributed by atoms with Crippen LogP contribution in [-0.4, -0.2) is 5.97 Å². The van der Waals surface area contributed by atoms with E-state index in [4.69, 9.17) is 14.9 Å². The first kappa shape index (κ1) is 15.8. The number of esters is 1. The molecule has 3 rings (SSSR count). The molecule has 0 saturated heterocycles. The highest BCUT2D eigenvalue weighted by molar-refractivity contribution is 5.90. The fourth-order valence-electron chi connectivity index (χ4n) is 2.46. The highest BCUT2D eigenvalue weighted by atomic mass is 16.5. The monoisotopic (exact) mass is 323 g/mol. The van der Waals surface area contributed by atoms with Gasteiger partial charge in [-0.15, -0.1) is 0 Å². The van der Waals surface area contributed by atoms with Crippen molar-refractivity contribution >= 4 is 22.6 Å². The summed E-state index contributed by atoms with van der Waals surface area (Å²) in [6, 6.07) is 13.5. The normalized spacial score (nSPS) is 10.7. The summed E-state index contributed by atoms with van der Waals surface area (Å²) in [5, 5.41) is 0.761. The molecule has 122 valence electrons. The lowest BCUT2D eigenvalue weighted by atomic mass is 10.1. The van der Waals surface area contributed by atoms with Crippen LogP contribution in [0, 0.1) is 0 Å². The first-order chi connectivity index (χ1) is 11.6. The first-order valence-corrected chi connectivity index (χ1v) is 7.65. The SMILES string of the molecule is CCc1ccc2c(COC(=O)c3ccc(N)cc3)cc(=O)oc2c1. The van der Waals surface area contributed by atoms with Gasteiger partial charge in [-0.25, -0.2) is 9.59 Å². The molecule has 1 aromatic heterocycles. The van der Waals surface area contributed by atoms with Gasteiger partial charge in [-0.2, -0.15) is 0 Å². The first-order valence-electron chi connectivity index (χ1n) is 7.65. The fraction of sp³-hybridized carbons (Fsp3) is 0.158. The Bertz CT molecular complexity index is 942. The molecule has 0 aliphatic carbocycles. The van der Waals surface area contributed by atoms with Gasteiger partial charge in [0, 0.05) is 22.7 Å². The molecule has 1 heterocycles. The van der Waals surface area contributed by atoms with Crippen LogP contribution in [0.4, 0.5) is 5.69 Å². The van der Waals surface area contributed by atoms with Gasteiger partial charge in [0.25, 0.3) is 0 Å². The molecule has 3 aromatic rings. The van der Waals surface area contributed by atoms with Gasteiger partial charge in [0.15, 0.2) is 0 Å². The second kappa shape index (κ2) is 6.58. The molecule has 0 atom stereocenters. The van der Waals surface area contributed by atoms with E-state index in [1.807, 2.05) is 25.1 Å². The Kier molecular flexibility index (Phi) is 4.33. The van der Waals surface area contributed by atoms with Crippen molar-refractivity contribution in [2.75, 3.05) is 5.73 Å². The average molecular weight is 323 g/mol. The molecule has 5 nitrogen and oxygen atoms in total. The summed E-state index contributed by atoms with van der Waals surface area (Å²) in [6.45, 7) is 2.02. The third-order valence-electron chi connectivity index (χ3n) is 3.81. The molecule has 0 bridgehead atoms. The molecule has 0 saturated carbocycles. The molecular weight excluding hydrogens is 306 g/mol. The maximum atomic E-state index is 12.1. The topological polar surface area (TPSA) is 82.5 Å². The van der Waals surface area contributed by atoms with Crippen molar-refractivity contribution < 1.29 is 13.9 Å². The molecule has 24 heavy (non-hydrogen) atoms. The molecule has 5 heteroatoms. The van der Waals surface area contributed by atoms with Gasteiger partial charge >= 0.3 is 11.6 Å². The quantitative estimate of drug-likeness (QED) is 0.452. The fourth-order valence-corrected chi connectivity index (χ4v) is 2.46. The molecule has 0 spiro atoms. The van der Waals surface area contributed by atoms with Crippen molar-refractivity contribution in [1.29, 1.82) is 0 Å². The standard InChI is InChI=1S/C19H17NO4/c1-2-12-3-8-16-14(10-18(21)24-17(16)9-12)11-23-19(22)13-4-6-15(20)7-5-13/h3-10H,2,11,20H2,1H3. The van der Waals surface area contributed by atoms with E-state index in [0.29, 0.717) is 22.4 Å². The Balaban J connectivity index is 1.85. The van der Waals surface area contributed by atoms with Gasteiger partial charge < -0.3 is 14.9 Å². The van der Waals surface area contributed by atoms with Crippen molar-refractivity contribution in [3.8, 4) is 0 Å². The molecule has 0 radical (unpaired) electrons. The number of benzene rings is 2. The smallest absolute Gasteiger partial charge is 0.338 e. The number of hydrogen-bond donors (Lipinski definition) is 1. The van der Waals surface area contributed by atoms with Crippen molar-refractivity contribution in [2.45, 2.75) is 20.0 Å². The van der Waals surface area contributed by atoms with Gasteiger partial charge in [-0.1, -0.05) is 19.1 Å². The second-order valence-corrected chi connectivity index (χ2v) is 5.47. The molecule has 2 N–H and O–H groups in total. The van der Waals surface area contributed by atoms with Crippen LogP contribution >= 0.6 is 0 Å². The predicted molar refractivity (Wildman–Crippen MR) is 91.8 cm³/mol. The summed E-state index contributed by atoms with van der Waals surface area (Å²) >= 11 is 0. The Morgan fingerprint density at radius 1 is 1.12 bits per heavy atom. The number of carbonyl (C=O) groups excluding carboxylic acids is 1. The molecule has 0 aliphatic rings. The summed E-state index contributed by atoms with van der Waals surface area (Å²) in [5.41, 5.74) is 8.30. The van der Waals surface area contributed by atoms with Crippen LogP contribution in [0.3, 0.4) is 0 Å². The molecular formula is C19H17NO4. The number of nitrogens with two attached hydrogens (primary N) is 1. The Hall–Kier alpha value is -3.08. The van der Waals surface area contributed by atoms with E-state index >= 15 is 0 Å². The molecule has 0 amide bonds. The lowest BCUT2D eigenvalue weighted by Gasteiger charge is -2.08. The van der Waals surface area contributed by atoms with Crippen LogP contribution in [0.1, 0.15) is 28.4 Å². The van der Waals surface area contributed by atoms with Crippen LogP contribution in [0.5, 0.6) is 0 Å². The van der Waals surface area contributed by atoms with E-state index in [0.717, 1.165) is 17.4 Å². The van der Waals surface area contributed by atoms with Crippen molar-refractivity contribution in [1.82, 2.24) is 0 Å². The number of nitrogen functional groups attached to an aromatic ring is 1. The molecule has 0 unspecified atom stereocenters. The third-order valence-corrected chi connectivity index (χ3v) is 3.81. The Labute approximate surface area is 138 Å². The second-order valence-electron chi connectivity index (χ2n) is 5.47. The highest BCUT2D eigenvalue weighted by Gasteiger charge is 2.11. The van der Waals surface area contributed by atoms with E-state index in [9.17, 15) is 9.59 Å². The summed E-state index contributed by atoms with van der Waals surface area (Å²) in [4.78, 5) is 23.8. The minimum atomic E-state index is -0.471.